The van der Waals surface area contributed by atoms with Crippen molar-refractivity contribution in [2.24, 2.45) is 56.7 Å². The van der Waals surface area contributed by atoms with E-state index in [1.165, 1.54) is 76.2 Å². The van der Waals surface area contributed by atoms with Gasteiger partial charge < -0.3 is 23.7 Å². The van der Waals surface area contributed by atoms with Crippen molar-refractivity contribution in [3.05, 3.63) is 12.2 Å². The Labute approximate surface area is 292 Å². The van der Waals surface area contributed by atoms with Crippen molar-refractivity contribution < 1.29 is 28.5 Å². The van der Waals surface area contributed by atoms with Gasteiger partial charge in [0.05, 0.1) is 19.3 Å². The van der Waals surface area contributed by atoms with E-state index in [-0.39, 0.29) is 51.7 Å². The first-order valence-electron chi connectivity index (χ1n) is 20.2. The van der Waals surface area contributed by atoms with Crippen molar-refractivity contribution in [1.29, 1.82) is 0 Å². The SMILES string of the molecule is C=C(C)[C@@H]1CC[C@]2(COC(C)=O)CC[C@]3(C)[C@H](CC[C@@H]4[C@@]5(C)CCC(OC6CCCCO6)[C@@](C)(COC6CCCCO6)[C@@H]5CC[C@]43C)[C@@H]12. The van der Waals surface area contributed by atoms with Crippen LogP contribution in [0.5, 0.6) is 0 Å². The van der Waals surface area contributed by atoms with Crippen LogP contribution in [0.3, 0.4) is 0 Å². The molecule has 7 fully saturated rings. The van der Waals surface area contributed by atoms with E-state index >= 15 is 0 Å². The van der Waals surface area contributed by atoms with Gasteiger partial charge in [-0.25, -0.2) is 0 Å². The molecule has 5 saturated carbocycles. The Morgan fingerprint density at radius 3 is 2.12 bits per heavy atom. The van der Waals surface area contributed by atoms with Gasteiger partial charge in [0.1, 0.15) is 0 Å². The molecule has 0 bridgehead atoms. The lowest BCUT2D eigenvalue weighted by Crippen LogP contribution is -2.68. The third kappa shape index (κ3) is 5.68. The average Bonchev–Trinajstić information content (AvgIpc) is 3.46. The number of hydrogen-bond acceptors (Lipinski definition) is 6. The molecule has 272 valence electrons. The molecule has 0 radical (unpaired) electrons. The van der Waals surface area contributed by atoms with Gasteiger partial charge in [-0.05, 0) is 155 Å². The Bertz CT molecular complexity index is 1190. The minimum absolute atomic E-state index is 0.0799. The van der Waals surface area contributed by atoms with E-state index in [9.17, 15) is 4.79 Å². The predicted octanol–water partition coefficient (Wildman–Crippen LogP) is 9.64. The van der Waals surface area contributed by atoms with E-state index in [2.05, 4.69) is 41.2 Å². The molecule has 0 amide bonds. The van der Waals surface area contributed by atoms with Crippen molar-refractivity contribution in [1.82, 2.24) is 0 Å². The Morgan fingerprint density at radius 2 is 1.46 bits per heavy atom. The summed E-state index contributed by atoms with van der Waals surface area (Å²) >= 11 is 0. The molecule has 6 heteroatoms. The summed E-state index contributed by atoms with van der Waals surface area (Å²) < 4.78 is 31.9. The second kappa shape index (κ2) is 13.2. The van der Waals surface area contributed by atoms with Gasteiger partial charge in [0.25, 0.3) is 0 Å². The van der Waals surface area contributed by atoms with Crippen LogP contribution in [0, 0.1) is 56.7 Å². The molecule has 2 aliphatic heterocycles. The molecule has 0 aromatic rings. The van der Waals surface area contributed by atoms with Crippen molar-refractivity contribution in [2.45, 2.75) is 163 Å². The average molecular weight is 669 g/mol. The Balaban J connectivity index is 1.18. The molecular weight excluding hydrogens is 600 g/mol. The van der Waals surface area contributed by atoms with Gasteiger partial charge in [-0.1, -0.05) is 39.8 Å². The lowest BCUT2D eigenvalue weighted by molar-refractivity contribution is -0.292. The first kappa shape index (κ1) is 35.5. The summed E-state index contributed by atoms with van der Waals surface area (Å²) in [6, 6.07) is 0. The second-order valence-corrected chi connectivity index (χ2v) is 18.9. The summed E-state index contributed by atoms with van der Waals surface area (Å²) in [4.78, 5) is 12.1. The molecule has 7 rings (SSSR count). The highest BCUT2D eigenvalue weighted by Crippen LogP contribution is 2.77. The summed E-state index contributed by atoms with van der Waals surface area (Å²) in [5, 5.41) is 0. The maximum absolute atomic E-state index is 12.1. The Hall–Kier alpha value is -0.950. The summed E-state index contributed by atoms with van der Waals surface area (Å²) in [6.07, 6.45) is 18.8. The van der Waals surface area contributed by atoms with Crippen molar-refractivity contribution in [3.63, 3.8) is 0 Å². The summed E-state index contributed by atoms with van der Waals surface area (Å²) in [7, 11) is 0. The number of carbonyl (C=O) groups excluding carboxylic acids is 1. The van der Waals surface area contributed by atoms with E-state index in [4.69, 9.17) is 23.7 Å². The lowest BCUT2D eigenvalue weighted by atomic mass is 9.32. The minimum atomic E-state index is -0.131. The van der Waals surface area contributed by atoms with Gasteiger partial charge in [-0.15, -0.1) is 0 Å². The normalized spacial score (nSPS) is 50.4. The van der Waals surface area contributed by atoms with Gasteiger partial charge in [0, 0.05) is 31.0 Å². The molecule has 2 saturated heterocycles. The van der Waals surface area contributed by atoms with Gasteiger partial charge >= 0.3 is 5.97 Å². The molecule has 13 atom stereocenters. The first-order valence-corrected chi connectivity index (χ1v) is 20.2. The smallest absolute Gasteiger partial charge is 0.302 e. The predicted molar refractivity (Wildman–Crippen MR) is 188 cm³/mol. The van der Waals surface area contributed by atoms with Gasteiger partial charge in [0.15, 0.2) is 12.6 Å². The van der Waals surface area contributed by atoms with Gasteiger partial charge in [-0.2, -0.15) is 0 Å². The zero-order valence-corrected chi connectivity index (χ0v) is 31.4. The van der Waals surface area contributed by atoms with Crippen LogP contribution in [-0.4, -0.2) is 51.1 Å². The number of hydrogen-bond donors (Lipinski definition) is 0. The highest BCUT2D eigenvalue weighted by atomic mass is 16.7. The Morgan fingerprint density at radius 1 is 0.729 bits per heavy atom. The number of ether oxygens (including phenoxy) is 5. The molecule has 0 aromatic heterocycles. The van der Waals surface area contributed by atoms with E-state index in [0.717, 1.165) is 45.3 Å². The fourth-order valence-electron chi connectivity index (χ4n) is 14.1. The van der Waals surface area contributed by atoms with Crippen LogP contribution >= 0.6 is 0 Å². The fourth-order valence-corrected chi connectivity index (χ4v) is 14.1. The zero-order chi connectivity index (χ0) is 34.0. The molecular formula is C42H68O6. The highest BCUT2D eigenvalue weighted by Gasteiger charge is 2.71. The van der Waals surface area contributed by atoms with E-state index < -0.39 is 0 Å². The van der Waals surface area contributed by atoms with Gasteiger partial charge in [-0.3, -0.25) is 4.79 Å². The Kier molecular flexibility index (Phi) is 9.77. The molecule has 3 unspecified atom stereocenters. The van der Waals surface area contributed by atoms with E-state index in [0.29, 0.717) is 42.8 Å². The lowest BCUT2D eigenvalue weighted by Gasteiger charge is -2.73. The molecule has 0 N–H and O–H groups in total. The maximum Gasteiger partial charge on any atom is 0.302 e. The number of allylic oxidation sites excluding steroid dienone is 1. The fraction of sp³-hybridized carbons (Fsp3) is 0.929. The molecule has 6 nitrogen and oxygen atoms in total. The van der Waals surface area contributed by atoms with Gasteiger partial charge in [0.2, 0.25) is 0 Å². The molecule has 5 aliphatic carbocycles. The molecule has 7 aliphatic rings. The summed E-state index contributed by atoms with van der Waals surface area (Å²) in [5.74, 6) is 2.82. The van der Waals surface area contributed by atoms with Crippen LogP contribution in [0.15, 0.2) is 12.2 Å². The molecule has 0 aromatic carbocycles. The van der Waals surface area contributed by atoms with Crippen LogP contribution in [0.4, 0.5) is 0 Å². The molecule has 2 heterocycles. The highest BCUT2D eigenvalue weighted by molar-refractivity contribution is 5.65. The van der Waals surface area contributed by atoms with Crippen LogP contribution in [0.25, 0.3) is 0 Å². The minimum Gasteiger partial charge on any atom is -0.465 e. The monoisotopic (exact) mass is 669 g/mol. The standard InChI is InChI=1S/C42H68O6/c1-28(2)30-16-21-42(27-46-29(3)43)23-22-40(6)31(37(30)42)14-15-33-38(4)19-18-34(48-36-13-9-11-25-45-36)39(5,32(38)17-20-41(33,40)7)26-47-35-12-8-10-24-44-35/h30-37H,1,8-27H2,2-7H3/t30-,31+,32+,33+,34?,35?,36?,37+,38-,39-,40+,41+,42+/m0/s1. The van der Waals surface area contributed by atoms with Crippen molar-refractivity contribution in [2.75, 3.05) is 26.4 Å². The number of rotatable bonds is 8. The van der Waals surface area contributed by atoms with Crippen LogP contribution in [0.1, 0.15) is 144 Å². The number of fused-ring (bicyclic) bond motifs is 7. The maximum atomic E-state index is 12.1. The molecule has 48 heavy (non-hydrogen) atoms. The van der Waals surface area contributed by atoms with Crippen LogP contribution in [0.2, 0.25) is 0 Å². The topological polar surface area (TPSA) is 63.2 Å². The largest absolute Gasteiger partial charge is 0.465 e. The van der Waals surface area contributed by atoms with Crippen LogP contribution in [-0.2, 0) is 28.5 Å². The van der Waals surface area contributed by atoms with E-state index in [1.54, 1.807) is 6.92 Å². The molecule has 0 spiro atoms. The third-order valence-electron chi connectivity index (χ3n) is 16.7. The third-order valence-corrected chi connectivity index (χ3v) is 16.7. The van der Waals surface area contributed by atoms with Crippen molar-refractivity contribution >= 4 is 5.97 Å². The second-order valence-electron chi connectivity index (χ2n) is 18.9. The first-order chi connectivity index (χ1) is 22.9. The summed E-state index contributed by atoms with van der Waals surface area (Å²) in [6.45, 7) is 21.9. The number of carbonyl (C=O) groups is 1. The van der Waals surface area contributed by atoms with E-state index in [1.807, 2.05) is 0 Å². The van der Waals surface area contributed by atoms with Crippen molar-refractivity contribution in [3.8, 4) is 0 Å². The zero-order valence-electron chi connectivity index (χ0n) is 31.4. The quantitative estimate of drug-likeness (QED) is 0.146. The van der Waals surface area contributed by atoms with Crippen LogP contribution < -0.4 is 0 Å². The number of esters is 1. The summed E-state index contributed by atoms with van der Waals surface area (Å²) in [5.41, 5.74) is 2.13.